The number of carbonyl (C=O) groups excluding carboxylic acids is 1. The van der Waals surface area contributed by atoms with Crippen LogP contribution in [0.5, 0.6) is 17.2 Å². The number of anilines is 1. The fraction of sp³-hybridized carbons (Fsp3) is 0.100. The molecule has 0 bridgehead atoms. The maximum Gasteiger partial charge on any atom is 0.275 e. The first kappa shape index (κ1) is 18.8. The van der Waals surface area contributed by atoms with E-state index in [1.54, 1.807) is 24.4 Å². The number of nitro benzene ring substituents is 1. The molecule has 1 N–H and O–H groups in total. The molecule has 142 valence electrons. The number of benzene rings is 2. The summed E-state index contributed by atoms with van der Waals surface area (Å²) in [7, 11) is 0. The molecule has 0 aliphatic rings. The van der Waals surface area contributed by atoms with Crippen LogP contribution in [-0.2, 0) is 4.79 Å². The highest BCUT2D eigenvalue weighted by molar-refractivity contribution is 5.92. The number of para-hydroxylation sites is 1. The van der Waals surface area contributed by atoms with Crippen molar-refractivity contribution >= 4 is 17.3 Å². The van der Waals surface area contributed by atoms with E-state index in [1.165, 1.54) is 24.4 Å². The predicted molar refractivity (Wildman–Crippen MR) is 103 cm³/mol. The van der Waals surface area contributed by atoms with Gasteiger partial charge in [0.1, 0.15) is 17.2 Å². The minimum atomic E-state index is -0.560. The molecule has 0 radical (unpaired) electrons. The van der Waals surface area contributed by atoms with Crippen molar-refractivity contribution in [1.82, 2.24) is 4.98 Å². The average Bonchev–Trinajstić information content (AvgIpc) is 2.68. The van der Waals surface area contributed by atoms with Gasteiger partial charge in [-0.05, 0) is 30.7 Å². The molecule has 3 rings (SSSR count). The van der Waals surface area contributed by atoms with Crippen molar-refractivity contribution < 1.29 is 19.2 Å². The Morgan fingerprint density at radius 2 is 1.96 bits per heavy atom. The molecule has 1 amide bonds. The Labute approximate surface area is 160 Å². The number of aryl methyl sites for hydroxylation is 1. The quantitative estimate of drug-likeness (QED) is 0.489. The number of hydrogen-bond donors (Lipinski definition) is 1. The van der Waals surface area contributed by atoms with Gasteiger partial charge >= 0.3 is 0 Å². The van der Waals surface area contributed by atoms with E-state index >= 15 is 0 Å². The van der Waals surface area contributed by atoms with Crippen LogP contribution in [0.1, 0.15) is 5.56 Å². The molecule has 8 heteroatoms. The van der Waals surface area contributed by atoms with E-state index in [-0.39, 0.29) is 23.7 Å². The monoisotopic (exact) mass is 379 g/mol. The molecule has 0 unspecified atom stereocenters. The van der Waals surface area contributed by atoms with Gasteiger partial charge in [-0.1, -0.05) is 18.2 Å². The third kappa shape index (κ3) is 5.04. The van der Waals surface area contributed by atoms with Gasteiger partial charge in [0.25, 0.3) is 11.6 Å². The topological polar surface area (TPSA) is 104 Å². The van der Waals surface area contributed by atoms with Crippen LogP contribution in [0.3, 0.4) is 0 Å². The Hall–Kier alpha value is -3.94. The van der Waals surface area contributed by atoms with Crippen LogP contribution in [0.15, 0.2) is 67.0 Å². The number of hydrogen-bond acceptors (Lipinski definition) is 6. The first-order chi connectivity index (χ1) is 13.5. The molecule has 0 spiro atoms. The number of non-ortho nitro benzene ring substituents is 1. The van der Waals surface area contributed by atoms with Gasteiger partial charge in [-0.25, -0.2) is 0 Å². The summed E-state index contributed by atoms with van der Waals surface area (Å²) in [4.78, 5) is 26.7. The number of rotatable bonds is 7. The summed E-state index contributed by atoms with van der Waals surface area (Å²) in [5, 5.41) is 13.8. The maximum absolute atomic E-state index is 12.2. The Bertz CT molecular complexity index is 992. The molecule has 0 saturated carbocycles. The van der Waals surface area contributed by atoms with Crippen molar-refractivity contribution in [3.8, 4) is 17.2 Å². The second-order valence-corrected chi connectivity index (χ2v) is 5.87. The molecule has 2 aromatic carbocycles. The van der Waals surface area contributed by atoms with E-state index < -0.39 is 10.8 Å². The van der Waals surface area contributed by atoms with E-state index in [2.05, 4.69) is 10.3 Å². The summed E-state index contributed by atoms with van der Waals surface area (Å²) in [6.07, 6.45) is 3.06. The molecule has 8 nitrogen and oxygen atoms in total. The average molecular weight is 379 g/mol. The maximum atomic E-state index is 12.2. The molecule has 0 atom stereocenters. The summed E-state index contributed by atoms with van der Waals surface area (Å²) in [6, 6.07) is 14.7. The summed E-state index contributed by atoms with van der Waals surface area (Å²) in [6.45, 7) is 1.64. The number of nitrogens with zero attached hydrogens (tertiary/aromatic N) is 2. The summed E-state index contributed by atoms with van der Waals surface area (Å²) < 4.78 is 11.1. The standard InChI is InChI=1S/C20H17N3O5/c1-14-5-2-3-7-19(14)27-13-20(24)22-15-9-16(23(25)26)11-18(10-15)28-17-6-4-8-21-12-17/h2-12H,13H2,1H3,(H,22,24). The molecule has 1 aromatic heterocycles. The van der Waals surface area contributed by atoms with Crippen molar-refractivity contribution in [2.24, 2.45) is 0 Å². The van der Waals surface area contributed by atoms with E-state index in [9.17, 15) is 14.9 Å². The third-order valence-corrected chi connectivity index (χ3v) is 3.71. The molecule has 1 heterocycles. The zero-order valence-electron chi connectivity index (χ0n) is 15.0. The second-order valence-electron chi connectivity index (χ2n) is 5.87. The highest BCUT2D eigenvalue weighted by Crippen LogP contribution is 2.29. The minimum Gasteiger partial charge on any atom is -0.483 e. The first-order valence-corrected chi connectivity index (χ1v) is 8.37. The van der Waals surface area contributed by atoms with Crippen molar-refractivity contribution in [2.45, 2.75) is 6.92 Å². The van der Waals surface area contributed by atoms with Crippen LogP contribution in [0, 0.1) is 17.0 Å². The number of amides is 1. The highest BCUT2D eigenvalue weighted by Gasteiger charge is 2.14. The van der Waals surface area contributed by atoms with E-state index in [1.807, 2.05) is 25.1 Å². The Morgan fingerprint density at radius 1 is 1.14 bits per heavy atom. The van der Waals surface area contributed by atoms with Gasteiger partial charge in [0.15, 0.2) is 6.61 Å². The molecule has 28 heavy (non-hydrogen) atoms. The lowest BCUT2D eigenvalue weighted by Crippen LogP contribution is -2.20. The van der Waals surface area contributed by atoms with Crippen LogP contribution < -0.4 is 14.8 Å². The number of ether oxygens (including phenoxy) is 2. The fourth-order valence-corrected chi connectivity index (χ4v) is 2.42. The Kier molecular flexibility index (Phi) is 5.81. The Balaban J connectivity index is 1.72. The summed E-state index contributed by atoms with van der Waals surface area (Å²) in [5.74, 6) is 0.772. The summed E-state index contributed by atoms with van der Waals surface area (Å²) >= 11 is 0. The third-order valence-electron chi connectivity index (χ3n) is 3.71. The summed E-state index contributed by atoms with van der Waals surface area (Å²) in [5.41, 5.74) is 0.917. The van der Waals surface area contributed by atoms with Crippen LogP contribution in [0.4, 0.5) is 11.4 Å². The van der Waals surface area contributed by atoms with Crippen molar-refractivity contribution in [3.63, 3.8) is 0 Å². The van der Waals surface area contributed by atoms with Crippen molar-refractivity contribution in [1.29, 1.82) is 0 Å². The number of pyridine rings is 1. The lowest BCUT2D eigenvalue weighted by Gasteiger charge is -2.11. The van der Waals surface area contributed by atoms with Gasteiger partial charge in [0.2, 0.25) is 0 Å². The zero-order valence-corrected chi connectivity index (χ0v) is 15.0. The minimum absolute atomic E-state index is 0.206. The van der Waals surface area contributed by atoms with Crippen LogP contribution in [0.2, 0.25) is 0 Å². The van der Waals surface area contributed by atoms with Gasteiger partial charge in [-0.2, -0.15) is 0 Å². The molecular weight excluding hydrogens is 362 g/mol. The van der Waals surface area contributed by atoms with Crippen LogP contribution >= 0.6 is 0 Å². The van der Waals surface area contributed by atoms with Gasteiger partial charge in [0.05, 0.1) is 22.9 Å². The van der Waals surface area contributed by atoms with Crippen LogP contribution in [-0.4, -0.2) is 22.4 Å². The van der Waals surface area contributed by atoms with E-state index in [0.717, 1.165) is 5.56 Å². The predicted octanol–water partition coefficient (Wildman–Crippen LogP) is 4.11. The molecular formula is C20H17N3O5. The van der Waals surface area contributed by atoms with Crippen molar-refractivity contribution in [3.05, 3.63) is 82.7 Å². The lowest BCUT2D eigenvalue weighted by atomic mass is 10.2. The SMILES string of the molecule is Cc1ccccc1OCC(=O)Nc1cc(Oc2cccnc2)cc([N+](=O)[O-])c1. The lowest BCUT2D eigenvalue weighted by molar-refractivity contribution is -0.384. The van der Waals surface area contributed by atoms with Crippen molar-refractivity contribution in [2.75, 3.05) is 11.9 Å². The molecule has 3 aromatic rings. The molecule has 0 fully saturated rings. The highest BCUT2D eigenvalue weighted by atomic mass is 16.6. The van der Waals surface area contributed by atoms with Gasteiger partial charge in [-0.15, -0.1) is 0 Å². The van der Waals surface area contributed by atoms with Crippen LogP contribution in [0.25, 0.3) is 0 Å². The number of nitro groups is 1. The smallest absolute Gasteiger partial charge is 0.275 e. The van der Waals surface area contributed by atoms with Gasteiger partial charge in [0, 0.05) is 18.3 Å². The Morgan fingerprint density at radius 3 is 2.68 bits per heavy atom. The number of aromatic nitrogens is 1. The number of nitrogens with one attached hydrogen (secondary N) is 1. The first-order valence-electron chi connectivity index (χ1n) is 8.37. The fourth-order valence-electron chi connectivity index (χ4n) is 2.42. The molecule has 0 saturated heterocycles. The van der Waals surface area contributed by atoms with E-state index in [0.29, 0.717) is 11.5 Å². The zero-order chi connectivity index (χ0) is 19.9. The van der Waals surface area contributed by atoms with Gasteiger partial charge < -0.3 is 14.8 Å². The van der Waals surface area contributed by atoms with Gasteiger partial charge in [-0.3, -0.25) is 19.9 Å². The second kappa shape index (κ2) is 8.63. The van der Waals surface area contributed by atoms with E-state index in [4.69, 9.17) is 9.47 Å². The number of carbonyl (C=O) groups is 1. The largest absolute Gasteiger partial charge is 0.483 e. The molecule has 0 aliphatic carbocycles. The molecule has 0 aliphatic heterocycles. The normalized spacial score (nSPS) is 10.2.